The van der Waals surface area contributed by atoms with Crippen LogP contribution in [0.15, 0.2) is 97.1 Å². The van der Waals surface area contributed by atoms with E-state index in [9.17, 15) is 61.3 Å². The minimum Gasteiger partial charge on any atom is -0.508 e. The van der Waals surface area contributed by atoms with Gasteiger partial charge in [0.05, 0.1) is 6.10 Å². The third kappa shape index (κ3) is 6.18. The molecule has 3 aliphatic heterocycles. The Morgan fingerprint density at radius 2 is 0.900 bits per heavy atom. The van der Waals surface area contributed by atoms with Gasteiger partial charge in [-0.15, -0.1) is 0 Å². The van der Waals surface area contributed by atoms with Crippen molar-refractivity contribution in [1.29, 1.82) is 0 Å². The molecule has 0 saturated heterocycles. The first kappa shape index (κ1) is 38.3. The molecule has 0 saturated carbocycles. The lowest BCUT2D eigenvalue weighted by molar-refractivity contribution is -0.00674. The molecule has 0 aliphatic carbocycles. The zero-order chi connectivity index (χ0) is 42.3. The normalized spacial score (nSPS) is 24.2. The molecular weight excluding hydrogens is 780 g/mol. The summed E-state index contributed by atoms with van der Waals surface area (Å²) in [5, 5.41) is 133. The molecule has 8 atom stereocenters. The van der Waals surface area contributed by atoms with Gasteiger partial charge in [0.15, 0.2) is 35.2 Å². The summed E-state index contributed by atoms with van der Waals surface area (Å²) in [7, 11) is 0. The van der Waals surface area contributed by atoms with Crippen LogP contribution in [0.1, 0.15) is 74.7 Å². The lowest BCUT2D eigenvalue weighted by atomic mass is 9.73. The third-order valence-corrected chi connectivity index (χ3v) is 11.5. The lowest BCUT2D eigenvalue weighted by Gasteiger charge is -2.44. The molecule has 0 amide bonds. The molecule has 308 valence electrons. The number of hydrogen-bond donors (Lipinski definition) is 12. The molecule has 0 unspecified atom stereocenters. The Morgan fingerprint density at radius 3 is 1.48 bits per heavy atom. The van der Waals surface area contributed by atoms with Gasteiger partial charge in [-0.25, -0.2) is 0 Å². The molecule has 0 radical (unpaired) electrons. The van der Waals surface area contributed by atoms with Crippen molar-refractivity contribution in [2.75, 3.05) is 0 Å². The number of benzene rings is 6. The van der Waals surface area contributed by atoms with Crippen LogP contribution < -0.4 is 14.2 Å². The highest BCUT2D eigenvalue weighted by Crippen LogP contribution is 2.62. The quantitative estimate of drug-likeness (QED) is 0.0981. The van der Waals surface area contributed by atoms with E-state index in [1.54, 1.807) is 0 Å². The fourth-order valence-corrected chi connectivity index (χ4v) is 8.71. The van der Waals surface area contributed by atoms with E-state index in [1.807, 2.05) is 0 Å². The van der Waals surface area contributed by atoms with Gasteiger partial charge in [-0.05, 0) is 65.2 Å². The minimum absolute atomic E-state index is 0.0218. The highest BCUT2D eigenvalue weighted by Gasteiger charge is 2.50. The van der Waals surface area contributed by atoms with Gasteiger partial charge in [0.2, 0.25) is 0 Å². The Labute approximate surface area is 340 Å². The average molecular weight is 819 g/mol. The highest BCUT2D eigenvalue weighted by molar-refractivity contribution is 5.71. The Morgan fingerprint density at radius 1 is 0.417 bits per heavy atom. The number of phenolic OH excluding ortho intramolecular Hbond substituents is 9. The molecule has 0 bridgehead atoms. The Hall–Kier alpha value is -7.20. The predicted octanol–water partition coefficient (Wildman–Crippen LogP) is 5.33. The summed E-state index contributed by atoms with van der Waals surface area (Å²) in [6, 6.07) is 21.3. The second-order valence-electron chi connectivity index (χ2n) is 15.2. The molecule has 12 N–H and O–H groups in total. The van der Waals surface area contributed by atoms with Crippen molar-refractivity contribution < 1.29 is 75.5 Å². The molecule has 0 aromatic heterocycles. The van der Waals surface area contributed by atoms with E-state index in [0.717, 1.165) is 6.07 Å². The second kappa shape index (κ2) is 14.3. The van der Waals surface area contributed by atoms with E-state index in [4.69, 9.17) is 14.2 Å². The van der Waals surface area contributed by atoms with Gasteiger partial charge in [-0.3, -0.25) is 0 Å². The van der Waals surface area contributed by atoms with E-state index in [-0.39, 0.29) is 79.9 Å². The van der Waals surface area contributed by atoms with Gasteiger partial charge in [0.1, 0.15) is 64.3 Å². The number of aliphatic hydroxyl groups is 3. The van der Waals surface area contributed by atoms with Crippen molar-refractivity contribution in [2.45, 2.75) is 54.9 Å². The van der Waals surface area contributed by atoms with Crippen LogP contribution in [0, 0.1) is 0 Å². The SMILES string of the molecule is Oc1ccc([C@H]2Oc3cc(O)ccc3[C@@H](c3c(O)c4c(c5c3O[C@H](c3ccc(O)c(O)c3)[C@H](O)C5)O[C@H](c3ccc(O)c(O)c3)[C@@H](O)[C@H]4c3ccc(O)cc3O)[C@@H]2O)cc1. The number of rotatable bonds is 5. The van der Waals surface area contributed by atoms with Gasteiger partial charge >= 0.3 is 0 Å². The maximum absolute atomic E-state index is 12.9. The van der Waals surface area contributed by atoms with Crippen molar-refractivity contribution in [3.05, 3.63) is 142 Å². The fourth-order valence-electron chi connectivity index (χ4n) is 8.71. The molecule has 60 heavy (non-hydrogen) atoms. The molecule has 3 heterocycles. The summed E-state index contributed by atoms with van der Waals surface area (Å²) >= 11 is 0. The summed E-state index contributed by atoms with van der Waals surface area (Å²) in [6.07, 6.45) is -8.65. The van der Waals surface area contributed by atoms with Crippen LogP contribution in [0.4, 0.5) is 0 Å². The van der Waals surface area contributed by atoms with Gasteiger partial charge in [0, 0.05) is 58.2 Å². The fraction of sp³-hybridized carbons (Fsp3) is 0.200. The van der Waals surface area contributed by atoms with Gasteiger partial charge in [-0.1, -0.05) is 36.4 Å². The molecule has 6 aromatic rings. The van der Waals surface area contributed by atoms with Crippen molar-refractivity contribution in [3.8, 4) is 69.0 Å². The summed E-state index contributed by atoms with van der Waals surface area (Å²) in [5.41, 5.74) is 1.08. The summed E-state index contributed by atoms with van der Waals surface area (Å²) in [6.45, 7) is 0. The first-order chi connectivity index (χ1) is 28.7. The first-order valence-corrected chi connectivity index (χ1v) is 18.8. The first-order valence-electron chi connectivity index (χ1n) is 18.8. The van der Waals surface area contributed by atoms with Crippen LogP contribution in [0.25, 0.3) is 0 Å². The summed E-state index contributed by atoms with van der Waals surface area (Å²) in [5.74, 6) is -6.21. The van der Waals surface area contributed by atoms with E-state index < -0.39 is 83.0 Å². The second-order valence-corrected chi connectivity index (χ2v) is 15.2. The molecule has 3 aliphatic rings. The van der Waals surface area contributed by atoms with Gasteiger partial charge < -0.3 is 75.5 Å². The number of aliphatic hydroxyl groups excluding tert-OH is 3. The Balaban J connectivity index is 1.34. The zero-order valence-electron chi connectivity index (χ0n) is 31.2. The highest BCUT2D eigenvalue weighted by atomic mass is 16.5. The molecule has 15 nitrogen and oxygen atoms in total. The molecule has 0 fully saturated rings. The average Bonchev–Trinajstić information content (AvgIpc) is 3.21. The number of fused-ring (bicyclic) bond motifs is 4. The van der Waals surface area contributed by atoms with Crippen molar-refractivity contribution in [1.82, 2.24) is 0 Å². The van der Waals surface area contributed by atoms with Crippen LogP contribution >= 0.6 is 0 Å². The molecule has 9 rings (SSSR count). The Kier molecular flexibility index (Phi) is 9.11. The molecule has 15 heteroatoms. The van der Waals surface area contributed by atoms with Crippen LogP contribution in [0.2, 0.25) is 0 Å². The van der Waals surface area contributed by atoms with E-state index in [2.05, 4.69) is 0 Å². The number of phenols is 9. The van der Waals surface area contributed by atoms with Gasteiger partial charge in [-0.2, -0.15) is 0 Å². The van der Waals surface area contributed by atoms with Gasteiger partial charge in [0.25, 0.3) is 0 Å². The largest absolute Gasteiger partial charge is 0.508 e. The minimum atomic E-state index is -1.66. The van der Waals surface area contributed by atoms with Crippen LogP contribution in [-0.2, 0) is 6.42 Å². The molecule has 0 spiro atoms. The molecular formula is C45H38O15. The maximum Gasteiger partial charge on any atom is 0.157 e. The summed E-state index contributed by atoms with van der Waals surface area (Å²) < 4.78 is 19.5. The van der Waals surface area contributed by atoms with Crippen LogP contribution in [0.5, 0.6) is 69.0 Å². The number of ether oxygens (including phenoxy) is 3. The van der Waals surface area contributed by atoms with Crippen LogP contribution in [0.3, 0.4) is 0 Å². The van der Waals surface area contributed by atoms with E-state index in [1.165, 1.54) is 91.0 Å². The number of hydrogen-bond acceptors (Lipinski definition) is 15. The predicted molar refractivity (Wildman–Crippen MR) is 209 cm³/mol. The summed E-state index contributed by atoms with van der Waals surface area (Å²) in [4.78, 5) is 0. The maximum atomic E-state index is 12.9. The molecule has 6 aromatic carbocycles. The smallest absolute Gasteiger partial charge is 0.157 e. The standard InChI is InChI=1S/C45H38O15/c46-21-5-1-18(2-6-21)42-40(57)35(25-10-8-23(48)16-33(25)58-42)37-38(55)36-34(24-9-7-22(47)15-29(24)51)39(56)43(20-4-12-28(50)31(53)14-20)60-45(36)26-17-32(54)41(59-44(26)37)19-3-11-27(49)30(52)13-19/h1-16,32,34-35,39-43,46-57H,17H2/t32-,34+,35+,39+,40+,41-,42-,43-/m1/s1. The van der Waals surface area contributed by atoms with Crippen molar-refractivity contribution in [2.24, 2.45) is 0 Å². The monoisotopic (exact) mass is 818 g/mol. The number of aromatic hydroxyl groups is 9. The van der Waals surface area contributed by atoms with Crippen molar-refractivity contribution in [3.63, 3.8) is 0 Å². The Bertz CT molecular complexity index is 2660. The van der Waals surface area contributed by atoms with Crippen molar-refractivity contribution >= 4 is 0 Å². The van der Waals surface area contributed by atoms with E-state index >= 15 is 0 Å². The zero-order valence-corrected chi connectivity index (χ0v) is 31.2. The van der Waals surface area contributed by atoms with Crippen LogP contribution in [-0.4, -0.2) is 79.6 Å². The van der Waals surface area contributed by atoms with E-state index in [0.29, 0.717) is 5.56 Å². The lowest BCUT2D eigenvalue weighted by Crippen LogP contribution is -2.39. The topological polar surface area (TPSA) is 270 Å². The third-order valence-electron chi connectivity index (χ3n) is 11.5.